The van der Waals surface area contributed by atoms with Gasteiger partial charge in [-0.25, -0.2) is 15.0 Å². The van der Waals surface area contributed by atoms with Crippen molar-refractivity contribution in [2.24, 2.45) is 0 Å². The number of nitrogens with one attached hydrogen (secondary N) is 1. The quantitative estimate of drug-likeness (QED) is 0.372. The molecule has 1 aromatic carbocycles. The molecule has 1 aliphatic heterocycles. The number of aliphatic hydroxyl groups is 3. The van der Waals surface area contributed by atoms with Crippen LogP contribution in [0.15, 0.2) is 30.9 Å². The molecule has 3 heterocycles. The molecule has 0 radical (unpaired) electrons. The minimum Gasteiger partial charge on any atom is -0.508 e. The maximum Gasteiger partial charge on any atom is 0.167 e. The first-order valence-electron chi connectivity index (χ1n) is 8.93. The van der Waals surface area contributed by atoms with Crippen LogP contribution in [0.4, 0.5) is 5.82 Å². The highest BCUT2D eigenvalue weighted by Crippen LogP contribution is 2.32. The molecule has 1 fully saturated rings. The molecular formula is C18H21N5O6. The van der Waals surface area contributed by atoms with Crippen molar-refractivity contribution in [2.75, 3.05) is 19.0 Å². The molecule has 11 heteroatoms. The molecule has 11 nitrogen and oxygen atoms in total. The van der Waals surface area contributed by atoms with Gasteiger partial charge < -0.3 is 35.2 Å². The van der Waals surface area contributed by atoms with E-state index in [1.54, 1.807) is 25.3 Å². The van der Waals surface area contributed by atoms with E-state index in [0.717, 1.165) is 0 Å². The fourth-order valence-electron chi connectivity index (χ4n) is 3.29. The summed E-state index contributed by atoms with van der Waals surface area (Å²) >= 11 is 0. The highest BCUT2D eigenvalue weighted by Gasteiger charge is 2.44. The number of anilines is 1. The van der Waals surface area contributed by atoms with E-state index in [-0.39, 0.29) is 12.3 Å². The van der Waals surface area contributed by atoms with Gasteiger partial charge in [0.05, 0.1) is 20.0 Å². The molecule has 0 bridgehead atoms. The fraction of sp³-hybridized carbons (Fsp3) is 0.389. The Labute approximate surface area is 165 Å². The highest BCUT2D eigenvalue weighted by molar-refractivity contribution is 5.82. The Kier molecular flexibility index (Phi) is 5.20. The zero-order valence-corrected chi connectivity index (χ0v) is 15.5. The average Bonchev–Trinajstić information content (AvgIpc) is 3.29. The van der Waals surface area contributed by atoms with E-state index >= 15 is 0 Å². The van der Waals surface area contributed by atoms with Gasteiger partial charge in [-0.2, -0.15) is 0 Å². The summed E-state index contributed by atoms with van der Waals surface area (Å²) in [6.45, 7) is -0.164. The summed E-state index contributed by atoms with van der Waals surface area (Å²) in [5, 5.41) is 42.7. The Morgan fingerprint density at radius 1 is 1.21 bits per heavy atom. The van der Waals surface area contributed by atoms with Gasteiger partial charge in [-0.3, -0.25) is 4.57 Å². The van der Waals surface area contributed by atoms with Gasteiger partial charge in [0.15, 0.2) is 23.2 Å². The predicted molar refractivity (Wildman–Crippen MR) is 100 cm³/mol. The first-order valence-corrected chi connectivity index (χ1v) is 8.93. The normalized spacial score (nSPS) is 24.1. The van der Waals surface area contributed by atoms with Crippen LogP contribution >= 0.6 is 0 Å². The van der Waals surface area contributed by atoms with E-state index in [1.165, 1.54) is 17.2 Å². The molecule has 4 atom stereocenters. The summed E-state index contributed by atoms with van der Waals surface area (Å²) < 4.78 is 12.2. The maximum atomic E-state index is 10.3. The lowest BCUT2D eigenvalue weighted by molar-refractivity contribution is -0.0511. The van der Waals surface area contributed by atoms with E-state index in [1.807, 2.05) is 0 Å². The van der Waals surface area contributed by atoms with Crippen molar-refractivity contribution in [3.05, 3.63) is 36.4 Å². The number of imidazole rings is 1. The van der Waals surface area contributed by atoms with Gasteiger partial charge in [0.1, 0.15) is 36.1 Å². The number of phenolic OH excluding ortho intramolecular Hbond substituents is 1. The minimum atomic E-state index is -1.25. The van der Waals surface area contributed by atoms with E-state index in [9.17, 15) is 20.4 Å². The Bertz CT molecular complexity index is 1010. The van der Waals surface area contributed by atoms with Crippen LogP contribution in [-0.2, 0) is 11.3 Å². The number of methoxy groups -OCH3 is 1. The molecule has 5 N–H and O–H groups in total. The second kappa shape index (κ2) is 7.79. The predicted octanol–water partition coefficient (Wildman–Crippen LogP) is -0.236. The van der Waals surface area contributed by atoms with Crippen molar-refractivity contribution in [3.8, 4) is 11.5 Å². The molecular weight excluding hydrogens is 382 g/mol. The topological polar surface area (TPSA) is 155 Å². The number of nitrogens with zero attached hydrogens (tertiary/aromatic N) is 4. The van der Waals surface area contributed by atoms with Crippen LogP contribution in [0.25, 0.3) is 11.2 Å². The highest BCUT2D eigenvalue weighted by atomic mass is 16.6. The van der Waals surface area contributed by atoms with Crippen molar-refractivity contribution < 1.29 is 29.9 Å². The summed E-state index contributed by atoms with van der Waals surface area (Å²) in [6, 6.07) is 4.91. The average molecular weight is 403 g/mol. The largest absolute Gasteiger partial charge is 0.508 e. The zero-order valence-electron chi connectivity index (χ0n) is 15.5. The maximum absolute atomic E-state index is 10.3. The van der Waals surface area contributed by atoms with Crippen molar-refractivity contribution >= 4 is 17.0 Å². The molecule has 154 valence electrons. The lowest BCUT2D eigenvalue weighted by Crippen LogP contribution is -2.33. The van der Waals surface area contributed by atoms with Gasteiger partial charge >= 0.3 is 0 Å². The van der Waals surface area contributed by atoms with Crippen LogP contribution in [0, 0.1) is 0 Å². The summed E-state index contributed by atoms with van der Waals surface area (Å²) in [6.07, 6.45) is -1.56. The van der Waals surface area contributed by atoms with Crippen LogP contribution in [0.2, 0.25) is 0 Å². The Balaban J connectivity index is 1.60. The van der Waals surface area contributed by atoms with Crippen LogP contribution < -0.4 is 10.1 Å². The number of aromatic nitrogens is 4. The lowest BCUT2D eigenvalue weighted by atomic mass is 10.1. The number of aliphatic hydroxyl groups excluding tert-OH is 3. The van der Waals surface area contributed by atoms with E-state index in [0.29, 0.717) is 28.3 Å². The number of aromatic hydroxyl groups is 1. The third kappa shape index (κ3) is 3.44. The monoisotopic (exact) mass is 403 g/mol. The van der Waals surface area contributed by atoms with Gasteiger partial charge in [-0.1, -0.05) is 0 Å². The van der Waals surface area contributed by atoms with Gasteiger partial charge in [0, 0.05) is 12.1 Å². The zero-order chi connectivity index (χ0) is 20.5. The van der Waals surface area contributed by atoms with E-state index in [2.05, 4.69) is 20.3 Å². The first-order chi connectivity index (χ1) is 14.0. The minimum absolute atomic E-state index is 0.112. The van der Waals surface area contributed by atoms with Crippen molar-refractivity contribution in [1.82, 2.24) is 19.5 Å². The third-order valence-corrected chi connectivity index (χ3v) is 4.88. The molecule has 29 heavy (non-hydrogen) atoms. The second-order valence-corrected chi connectivity index (χ2v) is 6.62. The first kappa shape index (κ1) is 19.3. The van der Waals surface area contributed by atoms with Crippen LogP contribution in [0.3, 0.4) is 0 Å². The standard InChI is InChI=1S/C18H21N5O6/c1-28-10-2-3-11(25)9(4-10)5-19-16-13-17(21-7-20-16)23(8-22-13)18-15(27)14(26)12(6-24)29-18/h2-4,7-8,12,14-15,18,24-27H,5-6H2,1H3,(H,19,20,21)/t12-,14-,15-,18-/m1/s1. The molecule has 0 spiro atoms. The number of fused-ring (bicyclic) bond motifs is 1. The van der Waals surface area contributed by atoms with Crippen LogP contribution in [0.1, 0.15) is 11.8 Å². The molecule has 1 aliphatic rings. The third-order valence-electron chi connectivity index (χ3n) is 4.88. The number of rotatable bonds is 6. The number of ether oxygens (including phenoxy) is 2. The number of phenols is 1. The Hall–Kier alpha value is -2.99. The van der Waals surface area contributed by atoms with E-state index in [4.69, 9.17) is 9.47 Å². The molecule has 0 amide bonds. The van der Waals surface area contributed by atoms with Crippen molar-refractivity contribution in [2.45, 2.75) is 31.1 Å². The number of hydrogen-bond donors (Lipinski definition) is 5. The van der Waals surface area contributed by atoms with Crippen molar-refractivity contribution in [1.29, 1.82) is 0 Å². The fourth-order valence-corrected chi connectivity index (χ4v) is 3.29. The van der Waals surface area contributed by atoms with Crippen molar-refractivity contribution in [3.63, 3.8) is 0 Å². The van der Waals surface area contributed by atoms with E-state index < -0.39 is 31.1 Å². The summed E-state index contributed by atoms with van der Waals surface area (Å²) in [5.41, 5.74) is 1.42. The smallest absolute Gasteiger partial charge is 0.167 e. The summed E-state index contributed by atoms with van der Waals surface area (Å²) in [5.74, 6) is 1.14. The summed E-state index contributed by atoms with van der Waals surface area (Å²) in [7, 11) is 1.54. The summed E-state index contributed by atoms with van der Waals surface area (Å²) in [4.78, 5) is 12.7. The van der Waals surface area contributed by atoms with Gasteiger partial charge in [-0.15, -0.1) is 0 Å². The molecule has 0 aliphatic carbocycles. The number of benzene rings is 1. The van der Waals surface area contributed by atoms with Crippen LogP contribution in [-0.4, -0.2) is 72.0 Å². The van der Waals surface area contributed by atoms with Gasteiger partial charge in [0.25, 0.3) is 0 Å². The van der Waals surface area contributed by atoms with Gasteiger partial charge in [0.2, 0.25) is 0 Å². The second-order valence-electron chi connectivity index (χ2n) is 6.62. The number of hydrogen-bond acceptors (Lipinski definition) is 10. The lowest BCUT2D eigenvalue weighted by Gasteiger charge is -2.16. The molecule has 4 rings (SSSR count). The molecule has 0 saturated carbocycles. The molecule has 1 saturated heterocycles. The molecule has 3 aromatic rings. The van der Waals surface area contributed by atoms with Crippen LogP contribution in [0.5, 0.6) is 11.5 Å². The Morgan fingerprint density at radius 3 is 2.76 bits per heavy atom. The van der Waals surface area contributed by atoms with Gasteiger partial charge in [-0.05, 0) is 18.2 Å². The Morgan fingerprint density at radius 2 is 2.03 bits per heavy atom. The molecule has 2 aromatic heterocycles. The SMILES string of the molecule is COc1ccc(O)c(CNc2ncnc3c2ncn3[C@@H]2O[C@H](CO)[C@@H](O)[C@H]2O)c1. The molecule has 0 unspecified atom stereocenters.